The molecular formula is C18H22FN5O5S. The van der Waals surface area contributed by atoms with Crippen molar-refractivity contribution in [1.29, 1.82) is 0 Å². The topological polar surface area (TPSA) is 107 Å². The number of carbonyl (C=O) groups excluding carboxylic acids is 2. The highest BCUT2D eigenvalue weighted by atomic mass is 32.1. The molecule has 2 aliphatic rings. The van der Waals surface area contributed by atoms with E-state index in [2.05, 4.69) is 10.4 Å². The number of anilines is 2. The summed E-state index contributed by atoms with van der Waals surface area (Å²) in [5, 5.41) is 17.5. The minimum atomic E-state index is -1.16. The lowest BCUT2D eigenvalue weighted by molar-refractivity contribution is -0.139. The lowest BCUT2D eigenvalue weighted by atomic mass is 10.2. The molecule has 30 heavy (non-hydrogen) atoms. The van der Waals surface area contributed by atoms with Gasteiger partial charge in [0, 0.05) is 6.54 Å². The van der Waals surface area contributed by atoms with Gasteiger partial charge in [-0.25, -0.2) is 14.2 Å². The van der Waals surface area contributed by atoms with Crippen LogP contribution in [0, 0.1) is 5.82 Å². The number of halogens is 1. The van der Waals surface area contributed by atoms with Crippen molar-refractivity contribution >= 4 is 47.1 Å². The van der Waals surface area contributed by atoms with Crippen LogP contribution in [0.4, 0.5) is 20.6 Å². The molecule has 10 nitrogen and oxygen atoms in total. The number of hydrogen-bond donors (Lipinski definition) is 2. The van der Waals surface area contributed by atoms with Crippen LogP contribution in [0.25, 0.3) is 0 Å². The summed E-state index contributed by atoms with van der Waals surface area (Å²) >= 11 is 4.88. The number of carbonyl (C=O) groups is 2. The fraction of sp³-hybridized carbons (Fsp3) is 0.444. The fourth-order valence-corrected chi connectivity index (χ4v) is 3.10. The normalized spacial score (nSPS) is 19.5. The van der Waals surface area contributed by atoms with Crippen molar-refractivity contribution in [3.63, 3.8) is 0 Å². The van der Waals surface area contributed by atoms with Crippen molar-refractivity contribution in [2.45, 2.75) is 19.1 Å². The van der Waals surface area contributed by atoms with E-state index in [9.17, 15) is 19.1 Å². The monoisotopic (exact) mass is 439 g/mol. The molecule has 2 amide bonds. The first-order chi connectivity index (χ1) is 14.3. The van der Waals surface area contributed by atoms with Crippen LogP contribution in [0.5, 0.6) is 0 Å². The molecule has 0 spiro atoms. The summed E-state index contributed by atoms with van der Waals surface area (Å²) in [7, 11) is 1.43. The Bertz CT molecular complexity index is 867. The van der Waals surface area contributed by atoms with Crippen LogP contribution in [0.15, 0.2) is 23.3 Å². The number of rotatable bonds is 5. The van der Waals surface area contributed by atoms with Gasteiger partial charge in [0.1, 0.15) is 24.4 Å². The number of nitrogens with one attached hydrogen (secondary N) is 1. The molecule has 0 saturated carbocycles. The number of amides is 2. The number of cyclic esters (lactones) is 1. The van der Waals surface area contributed by atoms with Gasteiger partial charge in [0.15, 0.2) is 0 Å². The van der Waals surface area contributed by atoms with Crippen LogP contribution in [0.2, 0.25) is 0 Å². The maximum absolute atomic E-state index is 14.7. The Kier molecular flexibility index (Phi) is 6.67. The zero-order chi connectivity index (χ0) is 21.8. The van der Waals surface area contributed by atoms with Gasteiger partial charge < -0.3 is 24.8 Å². The molecular weight excluding hydrogens is 417 g/mol. The average molecular weight is 439 g/mol. The number of hydrogen-bond acceptors (Lipinski definition) is 8. The Morgan fingerprint density at radius 1 is 1.50 bits per heavy atom. The van der Waals surface area contributed by atoms with Gasteiger partial charge in [0.05, 0.1) is 38.1 Å². The Hall–Kier alpha value is -2.99. The van der Waals surface area contributed by atoms with E-state index in [1.165, 1.54) is 37.4 Å². The Morgan fingerprint density at radius 3 is 2.87 bits per heavy atom. The summed E-state index contributed by atoms with van der Waals surface area (Å²) in [5.74, 6) is -1.08. The van der Waals surface area contributed by atoms with Crippen molar-refractivity contribution < 1.29 is 28.6 Å². The first-order valence-electron chi connectivity index (χ1n) is 9.20. The molecule has 3 rings (SSSR count). The standard InChI is InChI=1S/C18H22FN5O5S/c1-11(25)16(26)24-6-5-22(10-21-24)15-4-3-12(7-14(15)19)23-9-13(29-18(23)27)8-20-17(30)28-2/h3-4,7,10-11,13,25H,5-6,8-9H2,1-2H3,(H,20,30)/t11?,13-/m0/s1. The number of benzene rings is 1. The molecule has 162 valence electrons. The highest BCUT2D eigenvalue weighted by molar-refractivity contribution is 7.80. The van der Waals surface area contributed by atoms with Gasteiger partial charge in [0.2, 0.25) is 0 Å². The molecule has 1 fully saturated rings. The Labute approximate surface area is 177 Å². The quantitative estimate of drug-likeness (QED) is 0.644. The number of methoxy groups -OCH3 is 1. The summed E-state index contributed by atoms with van der Waals surface area (Å²) in [4.78, 5) is 26.8. The molecule has 2 aliphatic heterocycles. The lowest BCUT2D eigenvalue weighted by Gasteiger charge is -2.29. The number of aliphatic hydroxyl groups is 1. The smallest absolute Gasteiger partial charge is 0.414 e. The molecule has 2 heterocycles. The lowest BCUT2D eigenvalue weighted by Crippen LogP contribution is -2.44. The molecule has 1 unspecified atom stereocenters. The summed E-state index contributed by atoms with van der Waals surface area (Å²) in [6.07, 6.45) is -0.870. The third-order valence-electron chi connectivity index (χ3n) is 4.58. The van der Waals surface area contributed by atoms with Crippen molar-refractivity contribution in [2.75, 3.05) is 43.1 Å². The molecule has 0 aliphatic carbocycles. The maximum Gasteiger partial charge on any atom is 0.414 e. The van der Waals surface area contributed by atoms with Gasteiger partial charge in [-0.1, -0.05) is 0 Å². The number of aliphatic hydroxyl groups excluding tert-OH is 1. The highest BCUT2D eigenvalue weighted by Gasteiger charge is 2.33. The van der Waals surface area contributed by atoms with Crippen LogP contribution in [0.3, 0.4) is 0 Å². The first-order valence-corrected chi connectivity index (χ1v) is 9.60. The Balaban J connectivity index is 1.66. The number of nitrogens with zero attached hydrogens (tertiary/aromatic N) is 4. The summed E-state index contributed by atoms with van der Waals surface area (Å²) in [6, 6.07) is 4.38. The van der Waals surface area contributed by atoms with Gasteiger partial charge in [0.25, 0.3) is 11.1 Å². The fourth-order valence-electron chi connectivity index (χ4n) is 3.01. The average Bonchev–Trinajstić information content (AvgIpc) is 3.12. The largest absolute Gasteiger partial charge is 0.474 e. The number of thiocarbonyl (C=S) groups is 1. The third-order valence-corrected chi connectivity index (χ3v) is 4.89. The second-order valence-corrected chi connectivity index (χ2v) is 7.06. The molecule has 1 aromatic rings. The van der Waals surface area contributed by atoms with E-state index in [0.717, 1.165) is 5.01 Å². The first kappa shape index (κ1) is 21.7. The predicted molar refractivity (Wildman–Crippen MR) is 111 cm³/mol. The predicted octanol–water partition coefficient (Wildman–Crippen LogP) is 0.644. The second-order valence-electron chi connectivity index (χ2n) is 6.69. The molecule has 2 N–H and O–H groups in total. The van der Waals surface area contributed by atoms with E-state index in [1.807, 2.05) is 0 Å². The second kappa shape index (κ2) is 9.22. The molecule has 0 aromatic heterocycles. The molecule has 2 atom stereocenters. The van der Waals surface area contributed by atoms with Gasteiger partial charge >= 0.3 is 6.09 Å². The molecule has 1 aromatic carbocycles. The third kappa shape index (κ3) is 4.76. The summed E-state index contributed by atoms with van der Waals surface area (Å²) < 4.78 is 24.8. The van der Waals surface area contributed by atoms with Crippen molar-refractivity contribution in [3.8, 4) is 0 Å². The van der Waals surface area contributed by atoms with Gasteiger partial charge in [-0.05, 0) is 37.3 Å². The van der Waals surface area contributed by atoms with Gasteiger partial charge in [-0.3, -0.25) is 9.69 Å². The number of hydrazone groups is 1. The zero-order valence-corrected chi connectivity index (χ0v) is 17.3. The van der Waals surface area contributed by atoms with Crippen LogP contribution >= 0.6 is 12.2 Å². The SMILES string of the molecule is COC(=S)NC[C@H]1CN(c2ccc(N3C=NN(C(=O)C(C)O)CC3)c(F)c2)C(=O)O1. The van der Waals surface area contributed by atoms with Crippen LogP contribution in [-0.2, 0) is 14.3 Å². The van der Waals surface area contributed by atoms with Crippen LogP contribution < -0.4 is 15.1 Å². The molecule has 0 bridgehead atoms. The maximum atomic E-state index is 14.7. The van der Waals surface area contributed by atoms with Gasteiger partial charge in [-0.2, -0.15) is 5.10 Å². The number of ether oxygens (including phenoxy) is 2. The summed E-state index contributed by atoms with van der Waals surface area (Å²) in [5.41, 5.74) is 0.612. The molecule has 1 saturated heterocycles. The van der Waals surface area contributed by atoms with Crippen molar-refractivity contribution in [3.05, 3.63) is 24.0 Å². The highest BCUT2D eigenvalue weighted by Crippen LogP contribution is 2.28. The minimum absolute atomic E-state index is 0.191. The zero-order valence-electron chi connectivity index (χ0n) is 16.4. The summed E-state index contributed by atoms with van der Waals surface area (Å²) in [6.45, 7) is 2.38. The Morgan fingerprint density at radius 2 is 2.27 bits per heavy atom. The van der Waals surface area contributed by atoms with Crippen LogP contribution in [0.1, 0.15) is 6.92 Å². The van der Waals surface area contributed by atoms with E-state index >= 15 is 0 Å². The molecule has 0 radical (unpaired) electrons. The minimum Gasteiger partial charge on any atom is -0.474 e. The van der Waals surface area contributed by atoms with E-state index in [4.69, 9.17) is 21.7 Å². The van der Waals surface area contributed by atoms with Gasteiger partial charge in [-0.15, -0.1) is 0 Å². The van der Waals surface area contributed by atoms with Crippen molar-refractivity contribution in [1.82, 2.24) is 10.3 Å². The van der Waals surface area contributed by atoms with E-state index in [1.54, 1.807) is 11.0 Å². The van der Waals surface area contributed by atoms with E-state index in [0.29, 0.717) is 12.2 Å². The van der Waals surface area contributed by atoms with E-state index < -0.39 is 30.0 Å². The van der Waals surface area contributed by atoms with Crippen molar-refractivity contribution in [2.24, 2.45) is 5.10 Å². The van der Waals surface area contributed by atoms with Crippen LogP contribution in [-0.4, -0.2) is 79.1 Å². The van der Waals surface area contributed by atoms with E-state index in [-0.39, 0.29) is 30.5 Å². The molecule has 12 heteroatoms.